The number of benzene rings is 2. The number of aromatic nitrogens is 2. The van der Waals surface area contributed by atoms with Crippen molar-refractivity contribution in [3.05, 3.63) is 89.4 Å². The Morgan fingerprint density at radius 2 is 1.80 bits per heavy atom. The van der Waals surface area contributed by atoms with Crippen LogP contribution in [0.5, 0.6) is 28.7 Å². The van der Waals surface area contributed by atoms with Gasteiger partial charge < -0.3 is 40.6 Å². The van der Waals surface area contributed by atoms with Gasteiger partial charge in [-0.3, -0.25) is 4.79 Å². The van der Waals surface area contributed by atoms with Gasteiger partial charge >= 0.3 is 0 Å². The molecule has 5 rings (SSSR count). The second-order valence-corrected chi connectivity index (χ2v) is 12.2. The van der Waals surface area contributed by atoms with Crippen LogP contribution in [0.25, 0.3) is 0 Å². The van der Waals surface area contributed by atoms with Crippen LogP contribution in [0, 0.1) is 11.8 Å². The number of Topliss-reactive ketones (excluding diaryl/α,β-unsaturated/α-hetero) is 1. The van der Waals surface area contributed by atoms with Gasteiger partial charge in [-0.05, 0) is 97.5 Å². The van der Waals surface area contributed by atoms with E-state index in [1.807, 2.05) is 24.3 Å². The molecule has 0 saturated heterocycles. The molecule has 1 fully saturated rings. The number of phenolic OH excluding ortho intramolecular Hbond substituents is 3. The Bertz CT molecular complexity index is 1640. The maximum Gasteiger partial charge on any atom is 0.200 e. The first-order valence-electron chi connectivity index (χ1n) is 15.6. The molecule has 46 heavy (non-hydrogen) atoms. The predicted octanol–water partition coefficient (Wildman–Crippen LogP) is 4.85. The van der Waals surface area contributed by atoms with Crippen molar-refractivity contribution < 1.29 is 34.7 Å². The number of anilines is 1. The van der Waals surface area contributed by atoms with Gasteiger partial charge in [0.15, 0.2) is 23.0 Å². The van der Waals surface area contributed by atoms with E-state index in [0.717, 1.165) is 29.7 Å². The zero-order valence-electron chi connectivity index (χ0n) is 26.2. The third-order valence-electron chi connectivity index (χ3n) is 9.51. The summed E-state index contributed by atoms with van der Waals surface area (Å²) in [7, 11) is 2.88. The summed E-state index contributed by atoms with van der Waals surface area (Å²) in [6, 6.07) is 15.7. The lowest BCUT2D eigenvalue weighted by Crippen LogP contribution is -2.49. The van der Waals surface area contributed by atoms with E-state index in [4.69, 9.17) is 15.2 Å². The number of aryl methyl sites for hydroxylation is 2. The number of hydrogen-bond acceptors (Lipinski definition) is 9. The van der Waals surface area contributed by atoms with Gasteiger partial charge in [0.05, 0.1) is 26.2 Å². The molecule has 6 N–H and O–H groups in total. The van der Waals surface area contributed by atoms with Gasteiger partial charge in [0.1, 0.15) is 11.6 Å². The van der Waals surface area contributed by atoms with Crippen LogP contribution in [0.2, 0.25) is 0 Å². The van der Waals surface area contributed by atoms with Crippen LogP contribution >= 0.6 is 0 Å². The quantitative estimate of drug-likeness (QED) is 0.122. The van der Waals surface area contributed by atoms with Gasteiger partial charge in [0.2, 0.25) is 5.75 Å². The summed E-state index contributed by atoms with van der Waals surface area (Å²) in [4.78, 5) is 23.4. The molecule has 0 bridgehead atoms. The van der Waals surface area contributed by atoms with Crippen LogP contribution < -0.4 is 20.2 Å². The highest BCUT2D eigenvalue weighted by Crippen LogP contribution is 2.54. The van der Waals surface area contributed by atoms with Gasteiger partial charge in [0.25, 0.3) is 0 Å². The van der Waals surface area contributed by atoms with Crippen LogP contribution in [0.3, 0.4) is 0 Å². The molecule has 244 valence electrons. The van der Waals surface area contributed by atoms with Crippen molar-refractivity contribution in [2.45, 2.75) is 62.9 Å². The first-order valence-corrected chi connectivity index (χ1v) is 15.6. The topological polar surface area (TPSA) is 169 Å². The third kappa shape index (κ3) is 6.77. The van der Waals surface area contributed by atoms with E-state index in [0.29, 0.717) is 42.8 Å². The zero-order valence-corrected chi connectivity index (χ0v) is 26.2. The number of aliphatic hydroxyl groups is 1. The number of aromatic hydroxyl groups is 3. The number of pyridine rings is 1. The minimum Gasteiger partial charge on any atom is -0.668 e. The Morgan fingerprint density at radius 3 is 2.52 bits per heavy atom. The molecule has 1 saturated carbocycles. The molecule has 10 heteroatoms. The Morgan fingerprint density at radius 1 is 1.02 bits per heavy atom. The van der Waals surface area contributed by atoms with E-state index in [1.54, 1.807) is 36.7 Å². The highest BCUT2D eigenvalue weighted by Gasteiger charge is 2.54. The van der Waals surface area contributed by atoms with Gasteiger partial charge in [-0.2, -0.15) is 11.9 Å². The van der Waals surface area contributed by atoms with Crippen molar-refractivity contribution in [3.63, 3.8) is 0 Å². The van der Waals surface area contributed by atoms with Crippen molar-refractivity contribution in [2.75, 3.05) is 20.0 Å². The summed E-state index contributed by atoms with van der Waals surface area (Å²) >= 11 is 0. The fraction of sp³-hybridized carbons (Fsp3) is 0.389. The van der Waals surface area contributed by atoms with Gasteiger partial charge in [-0.1, -0.05) is 24.6 Å². The predicted molar refractivity (Wildman–Crippen MR) is 173 cm³/mol. The summed E-state index contributed by atoms with van der Waals surface area (Å²) in [5.74, 6) is -0.759. The van der Waals surface area contributed by atoms with Crippen LogP contribution in [0.4, 0.5) is 5.82 Å². The maximum atomic E-state index is 14.6. The normalized spacial score (nSPS) is 19.1. The molecule has 2 heterocycles. The number of carbonyl (C=O) groups excluding carboxylic acids is 1. The fourth-order valence-corrected chi connectivity index (χ4v) is 7.38. The number of nitrogens with two attached hydrogens (primary N) is 1. The summed E-state index contributed by atoms with van der Waals surface area (Å²) in [5, 5.41) is 42.6. The SMILES string of the molecule is COc1cc(CC[C@@H](O)[C@H](C(=O)CCc2cc(O)c(O)c(OC)c2)[C@@]2(c3ccnc(N)c3)CCC[C@@H]2Cc2ccc[n-]2)ccc1O. The first-order chi connectivity index (χ1) is 22.2. The Balaban J connectivity index is 1.53. The lowest BCUT2D eigenvalue weighted by Gasteiger charge is -2.45. The third-order valence-corrected chi connectivity index (χ3v) is 9.51. The standard InChI is InChI=1S/C36H42N3O7/c1-45-31-18-22(7-10-27(31)40)8-11-28(41)34(29(42)12-9-23-17-30(43)35(44)32(19-23)46-2)36(25-13-16-39-33(37)21-25)14-3-5-24(36)20-26-6-4-15-38-26/h4,6-7,10,13,15-19,21,24,28,34,40-41,43-44H,3,5,8-9,11-12,14,20H2,1-2H3,(H2,37,39)/q-1/t24-,28-,34-,36+/m1/s1. The molecule has 0 radical (unpaired) electrons. The van der Waals surface area contributed by atoms with E-state index in [-0.39, 0.29) is 47.5 Å². The number of rotatable bonds is 14. The van der Waals surface area contributed by atoms with Crippen molar-refractivity contribution in [3.8, 4) is 28.7 Å². The van der Waals surface area contributed by atoms with E-state index in [9.17, 15) is 25.2 Å². The Kier molecular flexibility index (Phi) is 10.1. The van der Waals surface area contributed by atoms with E-state index in [2.05, 4.69) is 9.97 Å². The number of methoxy groups -OCH3 is 2. The fourth-order valence-electron chi connectivity index (χ4n) is 7.38. The molecule has 0 spiro atoms. The van der Waals surface area contributed by atoms with Crippen molar-refractivity contribution >= 4 is 11.6 Å². The highest BCUT2D eigenvalue weighted by atomic mass is 16.5. The van der Waals surface area contributed by atoms with E-state index in [1.165, 1.54) is 20.3 Å². The molecule has 4 atom stereocenters. The molecule has 1 aliphatic carbocycles. The van der Waals surface area contributed by atoms with Crippen molar-refractivity contribution in [2.24, 2.45) is 11.8 Å². The summed E-state index contributed by atoms with van der Waals surface area (Å²) in [6.07, 6.45) is 6.54. The molecule has 0 aliphatic heterocycles. The number of ether oxygens (including phenoxy) is 2. The molecular weight excluding hydrogens is 586 g/mol. The lowest BCUT2D eigenvalue weighted by molar-refractivity contribution is -0.131. The van der Waals surface area contributed by atoms with Gasteiger partial charge in [-0.15, -0.1) is 0 Å². The number of phenols is 3. The molecule has 4 aromatic rings. The lowest BCUT2D eigenvalue weighted by atomic mass is 9.59. The van der Waals surface area contributed by atoms with Gasteiger partial charge in [-0.25, -0.2) is 4.98 Å². The molecule has 1 aliphatic rings. The summed E-state index contributed by atoms with van der Waals surface area (Å²) < 4.78 is 10.5. The largest absolute Gasteiger partial charge is 0.668 e. The van der Waals surface area contributed by atoms with Crippen LogP contribution in [-0.2, 0) is 29.5 Å². The second-order valence-electron chi connectivity index (χ2n) is 12.2. The Hall–Kier alpha value is -4.70. The Labute approximate surface area is 268 Å². The number of nitrogen functional groups attached to an aromatic ring is 1. The van der Waals surface area contributed by atoms with Crippen molar-refractivity contribution in [1.29, 1.82) is 0 Å². The number of nitrogens with zero attached hydrogens (tertiary/aromatic N) is 2. The zero-order chi connectivity index (χ0) is 32.8. The van der Waals surface area contributed by atoms with Crippen LogP contribution in [0.1, 0.15) is 54.5 Å². The summed E-state index contributed by atoms with van der Waals surface area (Å²) in [5.41, 5.74) is 8.77. The maximum absolute atomic E-state index is 14.6. The molecule has 0 unspecified atom stereocenters. The minimum atomic E-state index is -1.02. The minimum absolute atomic E-state index is 0.000577. The number of carbonyl (C=O) groups is 1. The number of ketones is 1. The average molecular weight is 629 g/mol. The average Bonchev–Trinajstić information content (AvgIpc) is 3.72. The smallest absolute Gasteiger partial charge is 0.200 e. The monoisotopic (exact) mass is 628 g/mol. The number of aliphatic hydroxyl groups excluding tert-OH is 1. The van der Waals surface area contributed by atoms with Crippen LogP contribution in [0.15, 0.2) is 67.0 Å². The number of hydrogen-bond donors (Lipinski definition) is 5. The van der Waals surface area contributed by atoms with Crippen molar-refractivity contribution in [1.82, 2.24) is 9.97 Å². The van der Waals surface area contributed by atoms with E-state index < -0.39 is 17.4 Å². The van der Waals surface area contributed by atoms with Crippen LogP contribution in [-0.4, -0.2) is 51.5 Å². The molecule has 2 aromatic carbocycles. The molecule has 2 aromatic heterocycles. The highest BCUT2D eigenvalue weighted by molar-refractivity contribution is 5.84. The molecule has 0 amide bonds. The molecule has 10 nitrogen and oxygen atoms in total. The first kappa shape index (κ1) is 32.7. The summed E-state index contributed by atoms with van der Waals surface area (Å²) in [6.45, 7) is 0. The second kappa shape index (κ2) is 14.2. The van der Waals surface area contributed by atoms with E-state index >= 15 is 0 Å². The molecular formula is C36H42N3O7-. The van der Waals surface area contributed by atoms with Gasteiger partial charge in [0, 0.05) is 18.0 Å².